The molecule has 1 unspecified atom stereocenters. The first-order valence-corrected chi connectivity index (χ1v) is 7.66. The number of hydrogen-bond acceptors (Lipinski definition) is 6. The number of ether oxygens (including phenoxy) is 2. The second-order valence-corrected chi connectivity index (χ2v) is 6.46. The maximum atomic E-state index is 11.4. The standard InChI is InChI=1S/C10H10ClNO6S/c11-19(15,16)10-5-7(12(13)14)1-2-9(10)18-8-3-4-17-6-8/h1-2,5,8H,3-4,6H2. The topological polar surface area (TPSA) is 95.7 Å². The van der Waals surface area contributed by atoms with Gasteiger partial charge in [-0.25, -0.2) is 8.42 Å². The van der Waals surface area contributed by atoms with E-state index in [-0.39, 0.29) is 17.5 Å². The van der Waals surface area contributed by atoms with Gasteiger partial charge in [0.05, 0.1) is 18.1 Å². The molecule has 19 heavy (non-hydrogen) atoms. The lowest BCUT2D eigenvalue weighted by atomic mass is 10.3. The van der Waals surface area contributed by atoms with Gasteiger partial charge < -0.3 is 9.47 Å². The molecule has 0 saturated carbocycles. The van der Waals surface area contributed by atoms with Crippen LogP contribution >= 0.6 is 10.7 Å². The molecule has 0 aliphatic carbocycles. The molecule has 0 bridgehead atoms. The van der Waals surface area contributed by atoms with Crippen LogP contribution in [0, 0.1) is 10.1 Å². The summed E-state index contributed by atoms with van der Waals surface area (Å²) >= 11 is 0. The van der Waals surface area contributed by atoms with Crippen molar-refractivity contribution in [3.8, 4) is 5.75 Å². The van der Waals surface area contributed by atoms with Gasteiger partial charge in [-0.1, -0.05) is 0 Å². The van der Waals surface area contributed by atoms with Gasteiger partial charge in [-0.15, -0.1) is 0 Å². The number of non-ortho nitro benzene ring substituents is 1. The highest BCUT2D eigenvalue weighted by atomic mass is 35.7. The average Bonchev–Trinajstić information content (AvgIpc) is 2.80. The molecule has 0 spiro atoms. The highest BCUT2D eigenvalue weighted by Crippen LogP contribution is 2.32. The van der Waals surface area contributed by atoms with Crippen LogP contribution in [0.4, 0.5) is 5.69 Å². The summed E-state index contributed by atoms with van der Waals surface area (Å²) < 4.78 is 33.4. The molecule has 1 aliphatic heterocycles. The lowest BCUT2D eigenvalue weighted by Gasteiger charge is -2.13. The molecule has 1 fully saturated rings. The summed E-state index contributed by atoms with van der Waals surface area (Å²) in [5, 5.41) is 10.6. The van der Waals surface area contributed by atoms with E-state index < -0.39 is 18.9 Å². The minimum Gasteiger partial charge on any atom is -0.487 e. The van der Waals surface area contributed by atoms with Crippen molar-refractivity contribution in [3.63, 3.8) is 0 Å². The Morgan fingerprint density at radius 3 is 2.74 bits per heavy atom. The molecule has 1 aromatic carbocycles. The second kappa shape index (κ2) is 5.32. The molecule has 0 radical (unpaired) electrons. The predicted octanol–water partition coefficient (Wildman–Crippen LogP) is 1.69. The van der Waals surface area contributed by atoms with Crippen molar-refractivity contribution < 1.29 is 22.8 Å². The minimum absolute atomic E-state index is 0.00361. The van der Waals surface area contributed by atoms with Crippen LogP contribution in [0.1, 0.15) is 6.42 Å². The fraction of sp³-hybridized carbons (Fsp3) is 0.400. The lowest BCUT2D eigenvalue weighted by Crippen LogP contribution is -2.17. The molecule has 0 amide bonds. The SMILES string of the molecule is O=[N+]([O-])c1ccc(OC2CCOC2)c(S(=O)(=O)Cl)c1. The number of hydrogen-bond donors (Lipinski definition) is 0. The van der Waals surface area contributed by atoms with E-state index in [9.17, 15) is 18.5 Å². The van der Waals surface area contributed by atoms with Crippen molar-refractivity contribution in [2.24, 2.45) is 0 Å². The van der Waals surface area contributed by atoms with Gasteiger partial charge in [0.15, 0.2) is 0 Å². The molecule has 0 N–H and O–H groups in total. The van der Waals surface area contributed by atoms with Crippen LogP contribution in [0.3, 0.4) is 0 Å². The molecule has 1 heterocycles. The van der Waals surface area contributed by atoms with E-state index in [1.54, 1.807) is 0 Å². The summed E-state index contributed by atoms with van der Waals surface area (Å²) in [7, 11) is 1.14. The van der Waals surface area contributed by atoms with Gasteiger partial charge in [-0.3, -0.25) is 10.1 Å². The van der Waals surface area contributed by atoms with Gasteiger partial charge in [0.1, 0.15) is 16.7 Å². The Bertz CT molecular complexity index is 596. The van der Waals surface area contributed by atoms with Crippen LogP contribution in [0.2, 0.25) is 0 Å². The van der Waals surface area contributed by atoms with Crippen molar-refractivity contribution >= 4 is 25.4 Å². The quantitative estimate of drug-likeness (QED) is 0.477. The van der Waals surface area contributed by atoms with E-state index >= 15 is 0 Å². The minimum atomic E-state index is -4.13. The molecule has 1 aliphatic rings. The van der Waals surface area contributed by atoms with Crippen LogP contribution < -0.4 is 4.74 Å². The fourth-order valence-electron chi connectivity index (χ4n) is 1.68. The van der Waals surface area contributed by atoms with Gasteiger partial charge in [0.2, 0.25) is 0 Å². The van der Waals surface area contributed by atoms with E-state index in [1.807, 2.05) is 0 Å². The summed E-state index contributed by atoms with van der Waals surface area (Å²) in [5.41, 5.74) is -0.366. The van der Waals surface area contributed by atoms with Gasteiger partial charge in [0.25, 0.3) is 14.7 Å². The van der Waals surface area contributed by atoms with Crippen molar-refractivity contribution in [1.29, 1.82) is 0 Å². The van der Waals surface area contributed by atoms with Crippen molar-refractivity contribution in [2.75, 3.05) is 13.2 Å². The Hall–Kier alpha value is -1.38. The van der Waals surface area contributed by atoms with Gasteiger partial charge >= 0.3 is 0 Å². The Balaban J connectivity index is 2.39. The molecule has 1 atom stereocenters. The normalized spacial score (nSPS) is 19.3. The first-order valence-electron chi connectivity index (χ1n) is 5.35. The van der Waals surface area contributed by atoms with Crippen LogP contribution in [-0.2, 0) is 13.8 Å². The molecule has 0 aromatic heterocycles. The number of benzene rings is 1. The van der Waals surface area contributed by atoms with E-state index in [4.69, 9.17) is 20.2 Å². The first kappa shape index (κ1) is 14.0. The molecule has 2 rings (SSSR count). The highest BCUT2D eigenvalue weighted by molar-refractivity contribution is 8.13. The van der Waals surface area contributed by atoms with Crippen LogP contribution in [0.5, 0.6) is 5.75 Å². The number of nitro groups is 1. The van der Waals surface area contributed by atoms with Crippen LogP contribution in [-0.4, -0.2) is 32.7 Å². The average molecular weight is 308 g/mol. The van der Waals surface area contributed by atoms with Gasteiger partial charge in [0, 0.05) is 29.2 Å². The largest absolute Gasteiger partial charge is 0.487 e. The van der Waals surface area contributed by atoms with Gasteiger partial charge in [-0.05, 0) is 6.07 Å². The van der Waals surface area contributed by atoms with E-state index in [0.717, 1.165) is 12.1 Å². The molecule has 1 saturated heterocycles. The summed E-state index contributed by atoms with van der Waals surface area (Å²) in [6.45, 7) is 0.874. The highest BCUT2D eigenvalue weighted by Gasteiger charge is 2.25. The molecular weight excluding hydrogens is 298 g/mol. The number of halogens is 1. The zero-order chi connectivity index (χ0) is 14.0. The third kappa shape index (κ3) is 3.34. The zero-order valence-corrected chi connectivity index (χ0v) is 11.2. The molecule has 104 valence electrons. The number of nitro benzene ring substituents is 1. The smallest absolute Gasteiger partial charge is 0.271 e. The van der Waals surface area contributed by atoms with E-state index in [2.05, 4.69) is 0 Å². The Kier molecular flexibility index (Phi) is 3.93. The predicted molar refractivity (Wildman–Crippen MR) is 66.0 cm³/mol. The van der Waals surface area contributed by atoms with Crippen LogP contribution in [0.15, 0.2) is 23.1 Å². The van der Waals surface area contributed by atoms with Crippen molar-refractivity contribution in [1.82, 2.24) is 0 Å². The van der Waals surface area contributed by atoms with Gasteiger partial charge in [-0.2, -0.15) is 0 Å². The first-order chi connectivity index (χ1) is 8.88. The fourth-order valence-corrected chi connectivity index (χ4v) is 2.66. The third-order valence-corrected chi connectivity index (χ3v) is 3.93. The molecule has 7 nitrogen and oxygen atoms in total. The molecular formula is C10H10ClNO6S. The Morgan fingerprint density at radius 2 is 2.21 bits per heavy atom. The van der Waals surface area contributed by atoms with E-state index in [1.165, 1.54) is 6.07 Å². The zero-order valence-electron chi connectivity index (χ0n) is 9.61. The van der Waals surface area contributed by atoms with Crippen molar-refractivity contribution in [2.45, 2.75) is 17.4 Å². The number of rotatable bonds is 4. The van der Waals surface area contributed by atoms with Crippen molar-refractivity contribution in [3.05, 3.63) is 28.3 Å². The summed E-state index contributed by atoms with van der Waals surface area (Å²) in [6.07, 6.45) is 0.345. The maximum Gasteiger partial charge on any atom is 0.271 e. The monoisotopic (exact) mass is 307 g/mol. The molecule has 9 heteroatoms. The number of nitrogens with zero attached hydrogens (tertiary/aromatic N) is 1. The summed E-state index contributed by atoms with van der Waals surface area (Å²) in [6, 6.07) is 3.27. The lowest BCUT2D eigenvalue weighted by molar-refractivity contribution is -0.385. The molecule has 1 aromatic rings. The van der Waals surface area contributed by atoms with E-state index in [0.29, 0.717) is 19.6 Å². The van der Waals surface area contributed by atoms with Crippen LogP contribution in [0.25, 0.3) is 0 Å². The third-order valence-electron chi connectivity index (χ3n) is 2.58. The maximum absolute atomic E-state index is 11.4. The Labute approximate surface area is 113 Å². The Morgan fingerprint density at radius 1 is 1.47 bits per heavy atom. The summed E-state index contributed by atoms with van der Waals surface area (Å²) in [4.78, 5) is 9.54. The summed E-state index contributed by atoms with van der Waals surface area (Å²) in [5.74, 6) is -0.00361. The second-order valence-electron chi connectivity index (χ2n) is 3.93.